The number of halogens is 1. The summed E-state index contributed by atoms with van der Waals surface area (Å²) >= 11 is 6.09. The van der Waals surface area contributed by atoms with Crippen LogP contribution < -0.4 is 15.6 Å². The van der Waals surface area contributed by atoms with Crippen LogP contribution in [0, 0.1) is 0 Å². The fourth-order valence-corrected chi connectivity index (χ4v) is 2.82. The second-order valence-electron chi connectivity index (χ2n) is 7.09. The lowest BCUT2D eigenvalue weighted by Gasteiger charge is -2.16. The molecule has 31 heavy (non-hydrogen) atoms. The standard InChI is InChI=1S/C21H26ClN3O6/c1-13(2)25-21(29)20(22)17(11-24-25)23-10-15(26)12-31-16-6-4-14(5-7-16)18(27)8-9-19(28)30-3/h4-7,11,13,15,23,26H,8-10,12H2,1-3H3. The molecule has 0 aliphatic carbocycles. The fraction of sp³-hybridized carbons (Fsp3) is 0.429. The number of aromatic nitrogens is 2. The summed E-state index contributed by atoms with van der Waals surface area (Å²) in [6, 6.07) is 6.28. The molecule has 1 aromatic carbocycles. The Kier molecular flexibility index (Phi) is 9.02. The normalized spacial score (nSPS) is 11.8. The molecule has 0 saturated heterocycles. The zero-order valence-corrected chi connectivity index (χ0v) is 18.4. The Morgan fingerprint density at radius 3 is 2.52 bits per heavy atom. The van der Waals surface area contributed by atoms with Gasteiger partial charge in [0.15, 0.2) is 5.78 Å². The third-order valence-electron chi connectivity index (χ3n) is 4.36. The molecule has 0 aliphatic heterocycles. The molecule has 0 saturated carbocycles. The summed E-state index contributed by atoms with van der Waals surface area (Å²) in [7, 11) is 1.27. The molecule has 0 radical (unpaired) electrons. The number of aliphatic hydroxyl groups is 1. The van der Waals surface area contributed by atoms with E-state index in [1.54, 1.807) is 24.3 Å². The predicted molar refractivity (Wildman–Crippen MR) is 116 cm³/mol. The van der Waals surface area contributed by atoms with Crippen LogP contribution in [0.2, 0.25) is 5.02 Å². The maximum Gasteiger partial charge on any atom is 0.305 e. The number of aliphatic hydroxyl groups excluding tert-OH is 1. The summed E-state index contributed by atoms with van der Waals surface area (Å²) in [6.45, 7) is 3.72. The minimum absolute atomic E-state index is 0.00396. The fourth-order valence-electron chi connectivity index (χ4n) is 2.61. The van der Waals surface area contributed by atoms with Gasteiger partial charge < -0.3 is 19.9 Å². The molecule has 1 heterocycles. The molecule has 1 unspecified atom stereocenters. The van der Waals surface area contributed by atoms with Gasteiger partial charge in [-0.25, -0.2) is 4.68 Å². The first-order valence-electron chi connectivity index (χ1n) is 9.75. The number of Topliss-reactive ketones (excluding diaryl/α,β-unsaturated/α-hetero) is 1. The average Bonchev–Trinajstić information content (AvgIpc) is 2.76. The first-order chi connectivity index (χ1) is 14.7. The quantitative estimate of drug-likeness (QED) is 0.395. The van der Waals surface area contributed by atoms with Crippen LogP contribution in [-0.4, -0.2) is 53.0 Å². The maximum absolute atomic E-state index is 12.1. The number of benzene rings is 1. The van der Waals surface area contributed by atoms with Gasteiger partial charge in [0, 0.05) is 18.5 Å². The Balaban J connectivity index is 1.83. The van der Waals surface area contributed by atoms with Gasteiger partial charge in [-0.05, 0) is 38.1 Å². The highest BCUT2D eigenvalue weighted by molar-refractivity contribution is 6.32. The largest absolute Gasteiger partial charge is 0.491 e. The van der Waals surface area contributed by atoms with E-state index in [0.717, 1.165) is 0 Å². The van der Waals surface area contributed by atoms with Crippen molar-refractivity contribution >= 4 is 29.0 Å². The van der Waals surface area contributed by atoms with E-state index < -0.39 is 17.6 Å². The van der Waals surface area contributed by atoms with Crippen molar-refractivity contribution in [2.75, 3.05) is 25.6 Å². The second kappa shape index (κ2) is 11.5. The van der Waals surface area contributed by atoms with Crippen LogP contribution >= 0.6 is 11.6 Å². The molecule has 0 spiro atoms. The summed E-state index contributed by atoms with van der Waals surface area (Å²) in [5.41, 5.74) is 0.378. The van der Waals surface area contributed by atoms with Gasteiger partial charge in [-0.2, -0.15) is 5.10 Å². The number of anilines is 1. The second-order valence-corrected chi connectivity index (χ2v) is 7.46. The molecule has 1 aromatic heterocycles. The summed E-state index contributed by atoms with van der Waals surface area (Å²) in [4.78, 5) is 35.3. The van der Waals surface area contributed by atoms with E-state index in [4.69, 9.17) is 16.3 Å². The van der Waals surface area contributed by atoms with Crippen LogP contribution in [0.4, 0.5) is 5.69 Å². The molecule has 0 amide bonds. The van der Waals surface area contributed by atoms with Gasteiger partial charge in [0.05, 0.1) is 31.5 Å². The van der Waals surface area contributed by atoms with Crippen molar-refractivity contribution in [3.8, 4) is 5.75 Å². The van der Waals surface area contributed by atoms with Crippen LogP contribution in [0.25, 0.3) is 0 Å². The minimum atomic E-state index is -0.884. The van der Waals surface area contributed by atoms with Crippen LogP contribution in [0.5, 0.6) is 5.75 Å². The molecule has 2 N–H and O–H groups in total. The lowest BCUT2D eigenvalue weighted by Crippen LogP contribution is -2.29. The van der Waals surface area contributed by atoms with Gasteiger partial charge in [-0.3, -0.25) is 14.4 Å². The Morgan fingerprint density at radius 2 is 1.90 bits per heavy atom. The lowest BCUT2D eigenvalue weighted by atomic mass is 10.1. The number of nitrogens with one attached hydrogen (secondary N) is 1. The number of hydrogen-bond acceptors (Lipinski definition) is 8. The number of carbonyl (C=O) groups is 2. The van der Waals surface area contributed by atoms with Gasteiger partial charge >= 0.3 is 5.97 Å². The molecular weight excluding hydrogens is 426 g/mol. The van der Waals surface area contributed by atoms with Crippen LogP contribution in [0.15, 0.2) is 35.3 Å². The lowest BCUT2D eigenvalue weighted by molar-refractivity contribution is -0.140. The minimum Gasteiger partial charge on any atom is -0.491 e. The molecule has 0 bridgehead atoms. The smallest absolute Gasteiger partial charge is 0.305 e. The average molecular weight is 452 g/mol. The number of rotatable bonds is 11. The highest BCUT2D eigenvalue weighted by Gasteiger charge is 2.13. The zero-order chi connectivity index (χ0) is 23.0. The Bertz CT molecular complexity index is 959. The number of ether oxygens (including phenoxy) is 2. The van der Waals surface area contributed by atoms with E-state index in [1.807, 2.05) is 13.8 Å². The molecule has 0 fully saturated rings. The van der Waals surface area contributed by atoms with Crippen LogP contribution in [0.1, 0.15) is 43.1 Å². The first-order valence-corrected chi connectivity index (χ1v) is 10.1. The molecule has 2 rings (SSSR count). The highest BCUT2D eigenvalue weighted by Crippen LogP contribution is 2.17. The Labute approximate surface area is 184 Å². The Hall–Kier alpha value is -2.91. The zero-order valence-electron chi connectivity index (χ0n) is 17.6. The van der Waals surface area contributed by atoms with Gasteiger partial charge in [-0.1, -0.05) is 11.6 Å². The number of hydrogen-bond donors (Lipinski definition) is 2. The van der Waals surface area contributed by atoms with E-state index in [0.29, 0.717) is 17.0 Å². The highest BCUT2D eigenvalue weighted by atomic mass is 35.5. The number of methoxy groups -OCH3 is 1. The third-order valence-corrected chi connectivity index (χ3v) is 4.73. The number of nitrogens with zero attached hydrogens (tertiary/aromatic N) is 2. The van der Waals surface area contributed by atoms with E-state index in [9.17, 15) is 19.5 Å². The van der Waals surface area contributed by atoms with Crippen LogP contribution in [-0.2, 0) is 9.53 Å². The number of ketones is 1. The van der Waals surface area contributed by atoms with E-state index in [2.05, 4.69) is 15.2 Å². The van der Waals surface area contributed by atoms with Gasteiger partial charge in [0.25, 0.3) is 5.56 Å². The predicted octanol–water partition coefficient (Wildman–Crippen LogP) is 2.47. The third kappa shape index (κ3) is 7.08. The van der Waals surface area contributed by atoms with E-state index >= 15 is 0 Å². The summed E-state index contributed by atoms with van der Waals surface area (Å²) in [5, 5.41) is 17.1. The van der Waals surface area contributed by atoms with Crippen molar-refractivity contribution in [3.05, 3.63) is 51.4 Å². The van der Waals surface area contributed by atoms with Gasteiger partial charge in [0.1, 0.15) is 23.5 Å². The summed E-state index contributed by atoms with van der Waals surface area (Å²) in [5.74, 6) is -0.136. The monoisotopic (exact) mass is 451 g/mol. The molecule has 10 heteroatoms. The van der Waals surface area contributed by atoms with Gasteiger partial charge in [-0.15, -0.1) is 0 Å². The van der Waals surface area contributed by atoms with E-state index in [-0.39, 0.29) is 42.8 Å². The van der Waals surface area contributed by atoms with E-state index in [1.165, 1.54) is 18.0 Å². The van der Waals surface area contributed by atoms with Crippen molar-refractivity contribution in [2.45, 2.75) is 38.8 Å². The van der Waals surface area contributed by atoms with Crippen molar-refractivity contribution in [2.24, 2.45) is 0 Å². The first kappa shape index (κ1) is 24.4. The topological polar surface area (TPSA) is 120 Å². The molecule has 0 aliphatic rings. The molecule has 9 nitrogen and oxygen atoms in total. The Morgan fingerprint density at radius 1 is 1.23 bits per heavy atom. The van der Waals surface area contributed by atoms with Crippen molar-refractivity contribution < 1.29 is 24.2 Å². The van der Waals surface area contributed by atoms with Crippen molar-refractivity contribution in [1.29, 1.82) is 0 Å². The summed E-state index contributed by atoms with van der Waals surface area (Å²) < 4.78 is 11.3. The molecule has 168 valence electrons. The number of esters is 1. The maximum atomic E-state index is 12.1. The molecule has 2 aromatic rings. The van der Waals surface area contributed by atoms with Crippen molar-refractivity contribution in [1.82, 2.24) is 9.78 Å². The van der Waals surface area contributed by atoms with Crippen molar-refractivity contribution in [3.63, 3.8) is 0 Å². The number of carbonyl (C=O) groups excluding carboxylic acids is 2. The SMILES string of the molecule is COC(=O)CCC(=O)c1ccc(OCC(O)CNc2cnn(C(C)C)c(=O)c2Cl)cc1. The summed E-state index contributed by atoms with van der Waals surface area (Å²) in [6.07, 6.45) is 0.646. The molecule has 1 atom stereocenters. The van der Waals surface area contributed by atoms with Crippen LogP contribution in [0.3, 0.4) is 0 Å². The molecular formula is C21H26ClN3O6. The van der Waals surface area contributed by atoms with Gasteiger partial charge in [0.2, 0.25) is 0 Å².